The van der Waals surface area contributed by atoms with E-state index >= 15 is 0 Å². The van der Waals surface area contributed by atoms with Crippen LogP contribution in [-0.4, -0.2) is 37.3 Å². The van der Waals surface area contributed by atoms with Crippen molar-refractivity contribution in [3.05, 3.63) is 95.4 Å². The Morgan fingerprint density at radius 3 is 2.03 bits per heavy atom. The molecule has 5 nitrogen and oxygen atoms in total. The van der Waals surface area contributed by atoms with Gasteiger partial charge in [0.15, 0.2) is 5.17 Å². The maximum Gasteiger partial charge on any atom is 0.286 e. The van der Waals surface area contributed by atoms with Gasteiger partial charge >= 0.3 is 0 Å². The molecule has 6 heteroatoms. The van der Waals surface area contributed by atoms with Gasteiger partial charge in [-0.1, -0.05) is 48.5 Å². The number of thioether (sulfide) groups is 1. The zero-order valence-corrected chi connectivity index (χ0v) is 18.5. The first-order valence-corrected chi connectivity index (χ1v) is 11.6. The molecule has 5 rings (SSSR count). The minimum atomic E-state index is -0.201. The number of hydrogen-bond acceptors (Lipinski definition) is 5. The number of hydrogen-bond donors (Lipinski definition) is 1. The highest BCUT2D eigenvalue weighted by Gasteiger charge is 2.28. The van der Waals surface area contributed by atoms with Gasteiger partial charge in [-0.3, -0.25) is 9.69 Å². The highest BCUT2D eigenvalue weighted by molar-refractivity contribution is 8.18. The van der Waals surface area contributed by atoms with E-state index < -0.39 is 0 Å². The second kappa shape index (κ2) is 9.42. The number of aliphatic imine (C=N–C) groups is 1. The lowest BCUT2D eigenvalue weighted by Crippen LogP contribution is -2.43. The van der Waals surface area contributed by atoms with Crippen LogP contribution in [-0.2, 0) is 4.79 Å². The normalized spacial score (nSPS) is 17.5. The molecule has 0 spiro atoms. The predicted octanol–water partition coefficient (Wildman–Crippen LogP) is 4.90. The lowest BCUT2D eigenvalue weighted by atomic mass is 10.1. The van der Waals surface area contributed by atoms with E-state index in [2.05, 4.69) is 39.5 Å². The van der Waals surface area contributed by atoms with Gasteiger partial charge in [-0.2, -0.15) is 4.99 Å². The number of carbonyl (C=O) groups is 1. The summed E-state index contributed by atoms with van der Waals surface area (Å²) in [6, 6.07) is 28.4. The maximum atomic E-state index is 12.8. The predicted molar refractivity (Wildman–Crippen MR) is 135 cm³/mol. The SMILES string of the molecule is O=C1N=C(N(c2ccccc2)c2ccccc2)S/C1=C/c1ccc(N2CCNCC2)cc1. The second-order valence-electron chi connectivity index (χ2n) is 7.65. The zero-order chi connectivity index (χ0) is 21.8. The van der Waals surface area contributed by atoms with Crippen molar-refractivity contribution in [2.75, 3.05) is 36.0 Å². The smallest absolute Gasteiger partial charge is 0.286 e. The first-order valence-electron chi connectivity index (χ1n) is 10.8. The third-order valence-corrected chi connectivity index (χ3v) is 6.47. The number of rotatable bonds is 4. The first kappa shape index (κ1) is 20.5. The van der Waals surface area contributed by atoms with Crippen molar-refractivity contribution in [3.8, 4) is 0 Å². The van der Waals surface area contributed by atoms with E-state index in [1.54, 1.807) is 0 Å². The molecule has 1 fully saturated rings. The Morgan fingerprint density at radius 1 is 0.844 bits per heavy atom. The van der Waals surface area contributed by atoms with Gasteiger partial charge in [0.1, 0.15) is 0 Å². The summed E-state index contributed by atoms with van der Waals surface area (Å²) in [6.07, 6.45) is 1.93. The van der Waals surface area contributed by atoms with Crippen LogP contribution in [0.3, 0.4) is 0 Å². The molecule has 32 heavy (non-hydrogen) atoms. The molecule has 1 amide bonds. The maximum absolute atomic E-state index is 12.8. The summed E-state index contributed by atoms with van der Waals surface area (Å²) in [7, 11) is 0. The number of para-hydroxylation sites is 2. The number of anilines is 3. The highest BCUT2D eigenvalue weighted by atomic mass is 32.2. The minimum Gasteiger partial charge on any atom is -0.369 e. The van der Waals surface area contributed by atoms with E-state index in [-0.39, 0.29) is 5.91 Å². The van der Waals surface area contributed by atoms with Gasteiger partial charge < -0.3 is 10.2 Å². The molecule has 0 unspecified atom stereocenters. The summed E-state index contributed by atoms with van der Waals surface area (Å²) >= 11 is 1.41. The van der Waals surface area contributed by atoms with Crippen LogP contribution in [0.25, 0.3) is 6.08 Å². The molecule has 2 heterocycles. The molecular formula is C26H24N4OS. The van der Waals surface area contributed by atoms with E-state index in [0.29, 0.717) is 10.1 Å². The molecule has 3 aromatic carbocycles. The molecule has 160 valence electrons. The molecule has 0 aliphatic carbocycles. The molecule has 0 radical (unpaired) electrons. The average molecular weight is 441 g/mol. The molecular weight excluding hydrogens is 416 g/mol. The first-order chi connectivity index (χ1) is 15.8. The molecule has 0 aromatic heterocycles. The Labute approximate surface area is 192 Å². The lowest BCUT2D eigenvalue weighted by molar-refractivity contribution is -0.113. The van der Waals surface area contributed by atoms with Crippen molar-refractivity contribution >= 4 is 46.0 Å². The lowest BCUT2D eigenvalue weighted by Gasteiger charge is -2.29. The number of nitrogens with one attached hydrogen (secondary N) is 1. The van der Waals surface area contributed by atoms with E-state index in [9.17, 15) is 4.79 Å². The largest absolute Gasteiger partial charge is 0.369 e. The van der Waals surface area contributed by atoms with Gasteiger partial charge in [-0.05, 0) is 59.8 Å². The number of amides is 1. The van der Waals surface area contributed by atoms with Gasteiger partial charge in [-0.15, -0.1) is 0 Å². The highest BCUT2D eigenvalue weighted by Crippen LogP contribution is 2.36. The van der Waals surface area contributed by atoms with Crippen molar-refractivity contribution < 1.29 is 4.79 Å². The number of amidine groups is 1. The van der Waals surface area contributed by atoms with Crippen molar-refractivity contribution in [2.45, 2.75) is 0 Å². The molecule has 0 saturated carbocycles. The summed E-state index contributed by atoms with van der Waals surface area (Å²) < 4.78 is 0. The fourth-order valence-corrected chi connectivity index (χ4v) is 4.83. The van der Waals surface area contributed by atoms with Crippen LogP contribution in [0.2, 0.25) is 0 Å². The standard InChI is InChI=1S/C26H24N4OS/c31-25-24(19-20-11-13-21(14-12-20)29-17-15-27-16-18-29)32-26(28-25)30(22-7-3-1-4-8-22)23-9-5-2-6-10-23/h1-14,19,27H,15-18H2/b24-19+. The summed E-state index contributed by atoms with van der Waals surface area (Å²) in [5, 5.41) is 4.04. The van der Waals surface area contributed by atoms with Crippen LogP contribution in [0.15, 0.2) is 94.8 Å². The Hall–Kier alpha value is -3.35. The molecule has 0 bridgehead atoms. The van der Waals surface area contributed by atoms with Gasteiger partial charge in [-0.25, -0.2) is 0 Å². The fraction of sp³-hybridized carbons (Fsp3) is 0.154. The van der Waals surface area contributed by atoms with Crippen LogP contribution < -0.4 is 15.1 Å². The van der Waals surface area contributed by atoms with Gasteiger partial charge in [0.05, 0.1) is 4.91 Å². The van der Waals surface area contributed by atoms with Crippen LogP contribution in [0.1, 0.15) is 5.56 Å². The van der Waals surface area contributed by atoms with Gasteiger partial charge in [0.25, 0.3) is 5.91 Å². The van der Waals surface area contributed by atoms with Gasteiger partial charge in [0, 0.05) is 43.2 Å². The number of benzene rings is 3. The van der Waals surface area contributed by atoms with Crippen molar-refractivity contribution in [1.82, 2.24) is 5.32 Å². The molecule has 2 aliphatic rings. The number of piperazine rings is 1. The topological polar surface area (TPSA) is 47.9 Å². The average Bonchev–Trinajstić information content (AvgIpc) is 3.21. The second-order valence-corrected chi connectivity index (χ2v) is 8.65. The summed E-state index contributed by atoms with van der Waals surface area (Å²) in [5.41, 5.74) is 4.16. The fourth-order valence-electron chi connectivity index (χ4n) is 3.87. The minimum absolute atomic E-state index is 0.201. The Balaban J connectivity index is 1.38. The third-order valence-electron chi connectivity index (χ3n) is 5.50. The van der Waals surface area contributed by atoms with Crippen LogP contribution >= 0.6 is 11.8 Å². The van der Waals surface area contributed by atoms with Gasteiger partial charge in [0.2, 0.25) is 0 Å². The number of nitrogens with zero attached hydrogens (tertiary/aromatic N) is 3. The third kappa shape index (κ3) is 4.47. The van der Waals surface area contributed by atoms with E-state index in [4.69, 9.17) is 0 Å². The molecule has 0 atom stereocenters. The van der Waals surface area contributed by atoms with E-state index in [1.807, 2.05) is 71.6 Å². The summed E-state index contributed by atoms with van der Waals surface area (Å²) in [5.74, 6) is -0.201. The van der Waals surface area contributed by atoms with Crippen molar-refractivity contribution in [2.24, 2.45) is 4.99 Å². The Bertz CT molecular complexity index is 1100. The molecule has 1 N–H and O–H groups in total. The van der Waals surface area contributed by atoms with Crippen molar-refractivity contribution in [1.29, 1.82) is 0 Å². The Morgan fingerprint density at radius 2 is 1.44 bits per heavy atom. The molecule has 2 aliphatic heterocycles. The number of carbonyl (C=O) groups excluding carboxylic acids is 1. The Kier molecular flexibility index (Phi) is 6.05. The monoisotopic (exact) mass is 440 g/mol. The molecule has 3 aromatic rings. The van der Waals surface area contributed by atoms with E-state index in [0.717, 1.165) is 43.1 Å². The zero-order valence-electron chi connectivity index (χ0n) is 17.6. The quantitative estimate of drug-likeness (QED) is 0.585. The van der Waals surface area contributed by atoms with Crippen LogP contribution in [0.5, 0.6) is 0 Å². The summed E-state index contributed by atoms with van der Waals surface area (Å²) in [6.45, 7) is 4.05. The van der Waals surface area contributed by atoms with Crippen LogP contribution in [0.4, 0.5) is 17.1 Å². The van der Waals surface area contributed by atoms with E-state index in [1.165, 1.54) is 17.4 Å². The summed E-state index contributed by atoms with van der Waals surface area (Å²) in [4.78, 5) is 22.2. The molecule has 1 saturated heterocycles. The van der Waals surface area contributed by atoms with Crippen LogP contribution in [0, 0.1) is 0 Å². The van der Waals surface area contributed by atoms with Crippen molar-refractivity contribution in [3.63, 3.8) is 0 Å².